The summed E-state index contributed by atoms with van der Waals surface area (Å²) in [6, 6.07) is 1.76. The first-order valence-corrected chi connectivity index (χ1v) is 5.90. The highest BCUT2D eigenvalue weighted by Crippen LogP contribution is 2.15. The Hall–Kier alpha value is -0.810. The van der Waals surface area contributed by atoms with Gasteiger partial charge in [-0.2, -0.15) is 0 Å². The summed E-state index contributed by atoms with van der Waals surface area (Å²) in [7, 11) is 1.30. The van der Waals surface area contributed by atoms with Crippen LogP contribution in [0.1, 0.15) is 17.0 Å². The van der Waals surface area contributed by atoms with Gasteiger partial charge in [0.15, 0.2) is 0 Å². The van der Waals surface area contributed by atoms with Gasteiger partial charge in [0.1, 0.15) is 5.03 Å². The SMILES string of the molecule is COC(=O)c1nccc(SCCCCl)n1. The Bertz CT molecular complexity index is 336. The molecule has 0 fully saturated rings. The Balaban J connectivity index is 2.62. The molecule has 1 rings (SSSR count). The van der Waals surface area contributed by atoms with E-state index in [2.05, 4.69) is 14.7 Å². The van der Waals surface area contributed by atoms with Crippen LogP contribution in [0.2, 0.25) is 0 Å². The molecule has 1 heterocycles. The van der Waals surface area contributed by atoms with Crippen LogP contribution in [0, 0.1) is 0 Å². The Morgan fingerprint density at radius 1 is 1.67 bits per heavy atom. The summed E-state index contributed by atoms with van der Waals surface area (Å²) >= 11 is 7.10. The monoisotopic (exact) mass is 246 g/mol. The summed E-state index contributed by atoms with van der Waals surface area (Å²) < 4.78 is 4.52. The van der Waals surface area contributed by atoms with E-state index in [1.54, 1.807) is 24.0 Å². The number of carbonyl (C=O) groups is 1. The molecule has 0 amide bonds. The summed E-state index contributed by atoms with van der Waals surface area (Å²) in [5, 5.41) is 0.760. The van der Waals surface area contributed by atoms with Gasteiger partial charge in [-0.25, -0.2) is 14.8 Å². The second-order valence-electron chi connectivity index (χ2n) is 2.60. The number of esters is 1. The number of hydrogen-bond acceptors (Lipinski definition) is 5. The normalized spacial score (nSPS) is 10.0. The van der Waals surface area contributed by atoms with E-state index in [1.165, 1.54) is 7.11 Å². The largest absolute Gasteiger partial charge is 0.463 e. The molecular weight excluding hydrogens is 236 g/mol. The highest BCUT2D eigenvalue weighted by atomic mass is 35.5. The third-order valence-electron chi connectivity index (χ3n) is 1.53. The molecule has 0 spiro atoms. The smallest absolute Gasteiger partial charge is 0.376 e. The zero-order chi connectivity index (χ0) is 11.1. The zero-order valence-corrected chi connectivity index (χ0v) is 9.85. The van der Waals surface area contributed by atoms with Crippen molar-refractivity contribution in [3.05, 3.63) is 18.1 Å². The number of methoxy groups -OCH3 is 1. The highest BCUT2D eigenvalue weighted by Gasteiger charge is 2.09. The molecule has 0 aliphatic heterocycles. The van der Waals surface area contributed by atoms with Crippen LogP contribution in [0.3, 0.4) is 0 Å². The van der Waals surface area contributed by atoms with Crippen LogP contribution in [-0.4, -0.2) is 34.7 Å². The average Bonchev–Trinajstić information content (AvgIpc) is 2.29. The molecule has 0 aliphatic rings. The van der Waals surface area contributed by atoms with Crippen molar-refractivity contribution in [2.24, 2.45) is 0 Å². The Morgan fingerprint density at radius 3 is 3.13 bits per heavy atom. The second-order valence-corrected chi connectivity index (χ2v) is 4.09. The first-order valence-electron chi connectivity index (χ1n) is 4.38. The van der Waals surface area contributed by atoms with Gasteiger partial charge in [-0.05, 0) is 12.5 Å². The lowest BCUT2D eigenvalue weighted by Crippen LogP contribution is -2.07. The molecule has 15 heavy (non-hydrogen) atoms. The number of nitrogens with zero attached hydrogens (tertiary/aromatic N) is 2. The number of halogens is 1. The molecule has 0 bridgehead atoms. The van der Waals surface area contributed by atoms with Crippen LogP contribution < -0.4 is 0 Å². The van der Waals surface area contributed by atoms with E-state index in [9.17, 15) is 4.79 Å². The lowest BCUT2D eigenvalue weighted by molar-refractivity contribution is 0.0585. The molecule has 0 aromatic carbocycles. The maximum absolute atomic E-state index is 11.1. The molecule has 0 saturated heterocycles. The van der Waals surface area contributed by atoms with Crippen molar-refractivity contribution in [3.8, 4) is 0 Å². The molecule has 0 atom stereocenters. The van der Waals surface area contributed by atoms with E-state index >= 15 is 0 Å². The van der Waals surface area contributed by atoms with E-state index in [0.29, 0.717) is 5.88 Å². The van der Waals surface area contributed by atoms with Gasteiger partial charge in [-0.1, -0.05) is 0 Å². The Kier molecular flexibility index (Phi) is 5.42. The average molecular weight is 247 g/mol. The molecule has 82 valence electrons. The predicted molar refractivity (Wildman–Crippen MR) is 59.4 cm³/mol. The number of aromatic nitrogens is 2. The molecular formula is C9H11ClN2O2S. The van der Waals surface area contributed by atoms with E-state index in [0.717, 1.165) is 17.2 Å². The van der Waals surface area contributed by atoms with Crippen molar-refractivity contribution < 1.29 is 9.53 Å². The maximum Gasteiger partial charge on any atom is 0.376 e. The Morgan fingerprint density at radius 2 is 2.47 bits per heavy atom. The van der Waals surface area contributed by atoms with Gasteiger partial charge in [0.25, 0.3) is 0 Å². The Labute approximate surface area is 97.4 Å². The molecule has 1 aromatic rings. The number of rotatable bonds is 5. The summed E-state index contributed by atoms with van der Waals surface area (Å²) in [5.41, 5.74) is 0. The third kappa shape index (κ3) is 4.05. The van der Waals surface area contributed by atoms with Crippen LogP contribution in [0.4, 0.5) is 0 Å². The molecule has 6 heteroatoms. The van der Waals surface area contributed by atoms with Crippen molar-refractivity contribution in [3.63, 3.8) is 0 Å². The zero-order valence-electron chi connectivity index (χ0n) is 8.27. The molecule has 0 aliphatic carbocycles. The third-order valence-corrected chi connectivity index (χ3v) is 2.81. The van der Waals surface area contributed by atoms with Crippen molar-refractivity contribution in [2.75, 3.05) is 18.7 Å². The van der Waals surface area contributed by atoms with Crippen LogP contribution in [-0.2, 0) is 4.74 Å². The summed E-state index contributed by atoms with van der Waals surface area (Å²) in [6.07, 6.45) is 2.45. The van der Waals surface area contributed by atoms with Gasteiger partial charge < -0.3 is 4.74 Å². The van der Waals surface area contributed by atoms with Gasteiger partial charge in [0, 0.05) is 17.8 Å². The lowest BCUT2D eigenvalue weighted by atomic mass is 10.5. The lowest BCUT2D eigenvalue weighted by Gasteiger charge is -2.01. The van der Waals surface area contributed by atoms with Crippen molar-refractivity contribution in [1.82, 2.24) is 9.97 Å². The van der Waals surface area contributed by atoms with E-state index < -0.39 is 5.97 Å². The second kappa shape index (κ2) is 6.63. The first kappa shape index (κ1) is 12.3. The van der Waals surface area contributed by atoms with Gasteiger partial charge in [0.2, 0.25) is 5.82 Å². The van der Waals surface area contributed by atoms with Gasteiger partial charge in [-0.15, -0.1) is 23.4 Å². The van der Waals surface area contributed by atoms with Crippen LogP contribution in [0.15, 0.2) is 17.3 Å². The summed E-state index contributed by atoms with van der Waals surface area (Å²) in [5.74, 6) is 1.08. The fourth-order valence-corrected chi connectivity index (χ4v) is 1.94. The predicted octanol–water partition coefficient (Wildman–Crippen LogP) is 1.98. The number of carbonyl (C=O) groups excluding carboxylic acids is 1. The molecule has 4 nitrogen and oxygen atoms in total. The standard InChI is InChI=1S/C9H11ClN2O2S/c1-14-9(13)8-11-5-3-7(12-8)15-6-2-4-10/h3,5H,2,4,6H2,1H3. The van der Waals surface area contributed by atoms with Crippen molar-refractivity contribution >= 4 is 29.3 Å². The van der Waals surface area contributed by atoms with E-state index in [-0.39, 0.29) is 5.82 Å². The number of ether oxygens (including phenoxy) is 1. The van der Waals surface area contributed by atoms with Crippen molar-refractivity contribution in [2.45, 2.75) is 11.4 Å². The molecule has 0 N–H and O–H groups in total. The van der Waals surface area contributed by atoms with Crippen LogP contribution in [0.25, 0.3) is 0 Å². The van der Waals surface area contributed by atoms with E-state index in [1.807, 2.05) is 0 Å². The minimum Gasteiger partial charge on any atom is -0.463 e. The minimum atomic E-state index is -0.519. The number of thioether (sulfide) groups is 1. The summed E-state index contributed by atoms with van der Waals surface area (Å²) in [4.78, 5) is 19.0. The van der Waals surface area contributed by atoms with Gasteiger partial charge in [0.05, 0.1) is 7.11 Å². The minimum absolute atomic E-state index is 0.0911. The van der Waals surface area contributed by atoms with Crippen LogP contribution in [0.5, 0.6) is 0 Å². The topological polar surface area (TPSA) is 52.1 Å². The number of alkyl halides is 1. The maximum atomic E-state index is 11.1. The highest BCUT2D eigenvalue weighted by molar-refractivity contribution is 7.99. The fourth-order valence-electron chi connectivity index (χ4n) is 0.843. The fraction of sp³-hybridized carbons (Fsp3) is 0.444. The molecule has 1 aromatic heterocycles. The van der Waals surface area contributed by atoms with Gasteiger partial charge in [-0.3, -0.25) is 0 Å². The molecule has 0 unspecified atom stereocenters. The quantitative estimate of drug-likeness (QED) is 0.261. The molecule has 0 radical (unpaired) electrons. The van der Waals surface area contributed by atoms with Crippen molar-refractivity contribution in [1.29, 1.82) is 0 Å². The summed E-state index contributed by atoms with van der Waals surface area (Å²) in [6.45, 7) is 0. The first-order chi connectivity index (χ1) is 7.27. The van der Waals surface area contributed by atoms with E-state index in [4.69, 9.17) is 11.6 Å². The molecule has 0 saturated carbocycles. The number of hydrogen-bond donors (Lipinski definition) is 0. The van der Waals surface area contributed by atoms with Crippen LogP contribution >= 0.6 is 23.4 Å². The van der Waals surface area contributed by atoms with Gasteiger partial charge >= 0.3 is 5.97 Å².